The Bertz CT molecular complexity index is 527. The molecule has 0 saturated heterocycles. The molecule has 0 unspecified atom stereocenters. The summed E-state index contributed by atoms with van der Waals surface area (Å²) in [6.07, 6.45) is 3.55. The lowest BCUT2D eigenvalue weighted by molar-refractivity contribution is 1.31. The zero-order chi connectivity index (χ0) is 9.38. The number of pyridine rings is 1. The molecule has 0 saturated carbocycles. The normalized spacial score (nSPS) is 10.9. The monoisotopic (exact) mass is 219 g/mol. The molecule has 0 aliphatic heterocycles. The third kappa shape index (κ3) is 1.21. The molecule has 3 rings (SSSR count). The van der Waals surface area contributed by atoms with Gasteiger partial charge >= 0.3 is 0 Å². The first-order valence-electron chi connectivity index (χ1n) is 4.04. The highest BCUT2D eigenvalue weighted by Gasteiger charge is 2.07. The van der Waals surface area contributed by atoms with Gasteiger partial charge in [-0.05, 0) is 12.1 Å². The Hall–Kier alpha value is -1.33. The van der Waals surface area contributed by atoms with E-state index in [0.717, 1.165) is 16.2 Å². The summed E-state index contributed by atoms with van der Waals surface area (Å²) in [6.45, 7) is 0. The van der Waals surface area contributed by atoms with E-state index >= 15 is 0 Å². The van der Waals surface area contributed by atoms with Gasteiger partial charge in [-0.1, -0.05) is 0 Å². The second kappa shape index (κ2) is 3.11. The summed E-state index contributed by atoms with van der Waals surface area (Å²) in [5, 5.41) is 1.02. The van der Waals surface area contributed by atoms with Gasteiger partial charge in [0.05, 0.1) is 5.51 Å². The van der Waals surface area contributed by atoms with Gasteiger partial charge in [-0.2, -0.15) is 0 Å². The lowest BCUT2D eigenvalue weighted by Gasteiger charge is -1.91. The van der Waals surface area contributed by atoms with Crippen molar-refractivity contribution in [2.75, 3.05) is 0 Å². The number of hydrogen-bond acceptors (Lipinski definition) is 5. The Morgan fingerprint density at radius 3 is 2.79 bits per heavy atom. The van der Waals surface area contributed by atoms with Crippen LogP contribution in [0, 0.1) is 0 Å². The van der Waals surface area contributed by atoms with Crippen molar-refractivity contribution in [1.29, 1.82) is 0 Å². The molecule has 0 aliphatic rings. The average molecular weight is 219 g/mol. The Morgan fingerprint density at radius 2 is 2.00 bits per heavy atom. The van der Waals surface area contributed by atoms with Crippen molar-refractivity contribution in [2.24, 2.45) is 0 Å². The fourth-order valence-corrected chi connectivity index (χ4v) is 2.96. The first kappa shape index (κ1) is 8.02. The van der Waals surface area contributed by atoms with E-state index in [1.54, 1.807) is 35.1 Å². The van der Waals surface area contributed by atoms with Crippen LogP contribution in [0.1, 0.15) is 0 Å². The van der Waals surface area contributed by atoms with Crippen LogP contribution in [0.15, 0.2) is 30.0 Å². The molecule has 0 spiro atoms. The Labute approximate surface area is 88.1 Å². The van der Waals surface area contributed by atoms with Crippen molar-refractivity contribution in [1.82, 2.24) is 15.0 Å². The van der Waals surface area contributed by atoms with E-state index in [4.69, 9.17) is 0 Å². The maximum atomic E-state index is 4.43. The molecule has 0 N–H and O–H groups in total. The topological polar surface area (TPSA) is 38.7 Å². The predicted molar refractivity (Wildman–Crippen MR) is 58.5 cm³/mol. The minimum absolute atomic E-state index is 0.854. The number of thiazole rings is 2. The van der Waals surface area contributed by atoms with Crippen molar-refractivity contribution in [2.45, 2.75) is 0 Å². The first-order valence-corrected chi connectivity index (χ1v) is 5.73. The third-order valence-corrected chi connectivity index (χ3v) is 3.88. The maximum Gasteiger partial charge on any atom is 0.182 e. The Balaban J connectivity index is 2.19. The van der Waals surface area contributed by atoms with Crippen LogP contribution in [0.2, 0.25) is 0 Å². The van der Waals surface area contributed by atoms with E-state index in [-0.39, 0.29) is 0 Å². The number of aromatic nitrogens is 3. The van der Waals surface area contributed by atoms with Gasteiger partial charge in [0.1, 0.15) is 9.02 Å². The summed E-state index contributed by atoms with van der Waals surface area (Å²) in [4.78, 5) is 12.6. The zero-order valence-corrected chi connectivity index (χ0v) is 8.68. The standard InChI is InChI=1S/C9H5N3S2/c1-3-10-4-2-6(1)8-12-7-9(14-8)13-5-11-7/h1-5H. The summed E-state index contributed by atoms with van der Waals surface area (Å²) in [5.41, 5.74) is 3.78. The summed E-state index contributed by atoms with van der Waals surface area (Å²) in [7, 11) is 0. The molecule has 0 aromatic carbocycles. The molecular formula is C9H5N3S2. The lowest BCUT2D eigenvalue weighted by atomic mass is 10.3. The van der Waals surface area contributed by atoms with E-state index in [0.29, 0.717) is 0 Å². The van der Waals surface area contributed by atoms with Crippen molar-refractivity contribution < 1.29 is 0 Å². The van der Waals surface area contributed by atoms with Crippen LogP contribution in [-0.2, 0) is 0 Å². The quantitative estimate of drug-likeness (QED) is 0.631. The highest BCUT2D eigenvalue weighted by molar-refractivity contribution is 7.38. The molecule has 3 aromatic heterocycles. The van der Waals surface area contributed by atoms with E-state index in [2.05, 4.69) is 15.0 Å². The molecule has 14 heavy (non-hydrogen) atoms. The highest BCUT2D eigenvalue weighted by Crippen LogP contribution is 2.31. The summed E-state index contributed by atoms with van der Waals surface area (Å²) >= 11 is 3.31. The van der Waals surface area contributed by atoms with Crippen molar-refractivity contribution in [3.05, 3.63) is 30.0 Å². The fraction of sp³-hybridized carbons (Fsp3) is 0. The second-order valence-electron chi connectivity index (χ2n) is 2.72. The van der Waals surface area contributed by atoms with Gasteiger partial charge in [-0.3, -0.25) is 4.98 Å². The first-order chi connectivity index (χ1) is 6.93. The molecule has 3 aromatic rings. The molecule has 0 aliphatic carbocycles. The molecule has 0 fully saturated rings. The van der Waals surface area contributed by atoms with Gasteiger partial charge in [0.25, 0.3) is 0 Å². The Morgan fingerprint density at radius 1 is 1.14 bits per heavy atom. The zero-order valence-electron chi connectivity index (χ0n) is 7.04. The summed E-state index contributed by atoms with van der Waals surface area (Å²) in [6, 6.07) is 3.92. The maximum absolute atomic E-state index is 4.43. The number of rotatable bonds is 1. The predicted octanol–water partition coefficient (Wildman–Crippen LogP) is 2.81. The molecule has 0 amide bonds. The van der Waals surface area contributed by atoms with E-state index in [1.165, 1.54) is 4.01 Å². The molecule has 3 heterocycles. The largest absolute Gasteiger partial charge is 0.265 e. The van der Waals surface area contributed by atoms with Crippen LogP contribution in [0.5, 0.6) is 0 Å². The molecule has 3 nitrogen and oxygen atoms in total. The smallest absolute Gasteiger partial charge is 0.182 e. The molecule has 0 radical (unpaired) electrons. The van der Waals surface area contributed by atoms with Crippen LogP contribution < -0.4 is 0 Å². The van der Waals surface area contributed by atoms with Crippen molar-refractivity contribution in [3.8, 4) is 10.6 Å². The van der Waals surface area contributed by atoms with Gasteiger partial charge in [-0.15, -0.1) is 22.7 Å². The average Bonchev–Trinajstić information content (AvgIpc) is 2.78. The Kier molecular flexibility index (Phi) is 1.78. The minimum Gasteiger partial charge on any atom is -0.265 e. The van der Waals surface area contributed by atoms with Crippen LogP contribution in [0.4, 0.5) is 0 Å². The molecule has 0 atom stereocenters. The van der Waals surface area contributed by atoms with Gasteiger partial charge in [-0.25, -0.2) is 9.97 Å². The van der Waals surface area contributed by atoms with E-state index in [9.17, 15) is 0 Å². The SMILES string of the molecule is c1cc(-c2nc3ncsc3s2)ccn1. The molecule has 5 heteroatoms. The minimum atomic E-state index is 0.854. The van der Waals surface area contributed by atoms with Gasteiger partial charge < -0.3 is 0 Å². The fourth-order valence-electron chi connectivity index (χ4n) is 1.20. The van der Waals surface area contributed by atoms with Gasteiger partial charge in [0.2, 0.25) is 0 Å². The third-order valence-electron chi connectivity index (χ3n) is 1.84. The van der Waals surface area contributed by atoms with Crippen molar-refractivity contribution >= 4 is 32.3 Å². The van der Waals surface area contributed by atoms with Crippen molar-refractivity contribution in [3.63, 3.8) is 0 Å². The van der Waals surface area contributed by atoms with Gasteiger partial charge in [0.15, 0.2) is 5.65 Å². The number of nitrogens with zero attached hydrogens (tertiary/aromatic N) is 3. The van der Waals surface area contributed by atoms with Crippen LogP contribution in [0.25, 0.3) is 20.2 Å². The number of fused-ring (bicyclic) bond motifs is 1. The highest BCUT2D eigenvalue weighted by atomic mass is 32.2. The van der Waals surface area contributed by atoms with Crippen LogP contribution >= 0.6 is 22.7 Å². The van der Waals surface area contributed by atoms with Crippen LogP contribution in [-0.4, -0.2) is 15.0 Å². The van der Waals surface area contributed by atoms with Gasteiger partial charge in [0, 0.05) is 18.0 Å². The summed E-state index contributed by atoms with van der Waals surface area (Å²) < 4.78 is 1.18. The molecule has 68 valence electrons. The lowest BCUT2D eigenvalue weighted by Crippen LogP contribution is -1.76. The molecule has 0 bridgehead atoms. The van der Waals surface area contributed by atoms with Crippen LogP contribution in [0.3, 0.4) is 0 Å². The summed E-state index contributed by atoms with van der Waals surface area (Å²) in [5.74, 6) is 0. The second-order valence-corrected chi connectivity index (χ2v) is 4.83. The number of hydrogen-bond donors (Lipinski definition) is 0. The van der Waals surface area contributed by atoms with E-state index < -0.39 is 0 Å². The molecular weight excluding hydrogens is 214 g/mol. The van der Waals surface area contributed by atoms with E-state index in [1.807, 2.05) is 17.6 Å².